The van der Waals surface area contributed by atoms with E-state index >= 15 is 0 Å². The van der Waals surface area contributed by atoms with Gasteiger partial charge in [0.15, 0.2) is 6.29 Å². The fourth-order valence-corrected chi connectivity index (χ4v) is 5.27. The van der Waals surface area contributed by atoms with E-state index < -0.39 is 46.3 Å². The summed E-state index contributed by atoms with van der Waals surface area (Å²) in [4.78, 5) is 3.84. The maximum absolute atomic E-state index is 14.7. The Morgan fingerprint density at radius 1 is 1.11 bits per heavy atom. The lowest BCUT2D eigenvalue weighted by atomic mass is 9.90. The third kappa shape index (κ3) is 6.57. The molecular formula is C25H23F6N3O3S. The fourth-order valence-electron chi connectivity index (χ4n) is 3.95. The van der Waals surface area contributed by atoms with E-state index in [-0.39, 0.29) is 36.1 Å². The van der Waals surface area contributed by atoms with Crippen LogP contribution in [-0.4, -0.2) is 49.9 Å². The smallest absolute Gasteiger partial charge is 0.382 e. The van der Waals surface area contributed by atoms with Gasteiger partial charge >= 0.3 is 6.18 Å². The number of hydrogen-bond acceptors (Lipinski definition) is 6. The van der Waals surface area contributed by atoms with Crippen LogP contribution in [0.5, 0.6) is 0 Å². The van der Waals surface area contributed by atoms with Gasteiger partial charge in [-0.05, 0) is 24.3 Å². The van der Waals surface area contributed by atoms with Crippen molar-refractivity contribution in [2.24, 2.45) is 0 Å². The van der Waals surface area contributed by atoms with Crippen LogP contribution in [0, 0.1) is 17.5 Å². The Morgan fingerprint density at radius 2 is 1.84 bits per heavy atom. The predicted molar refractivity (Wildman–Crippen MR) is 127 cm³/mol. The van der Waals surface area contributed by atoms with E-state index in [1.807, 2.05) is 0 Å². The Labute approximate surface area is 218 Å². The van der Waals surface area contributed by atoms with E-state index in [1.54, 1.807) is 6.92 Å². The van der Waals surface area contributed by atoms with Gasteiger partial charge in [-0.2, -0.15) is 18.3 Å². The average Bonchev–Trinajstić information content (AvgIpc) is 3.36. The van der Waals surface area contributed by atoms with E-state index in [9.17, 15) is 31.4 Å². The number of nitrogens with zero attached hydrogens (tertiary/aromatic N) is 3. The van der Waals surface area contributed by atoms with Crippen molar-refractivity contribution in [3.05, 3.63) is 89.3 Å². The third-order valence-electron chi connectivity index (χ3n) is 5.99. The van der Waals surface area contributed by atoms with Gasteiger partial charge in [-0.15, -0.1) is 11.8 Å². The number of thioether (sulfide) groups is 1. The Morgan fingerprint density at radius 3 is 2.45 bits per heavy atom. The zero-order valence-electron chi connectivity index (χ0n) is 19.9. The number of benzene rings is 2. The second-order valence-electron chi connectivity index (χ2n) is 8.67. The van der Waals surface area contributed by atoms with Crippen LogP contribution >= 0.6 is 11.8 Å². The molecular weight excluding hydrogens is 536 g/mol. The summed E-state index contributed by atoms with van der Waals surface area (Å²) >= 11 is 1.27. The van der Waals surface area contributed by atoms with Crippen molar-refractivity contribution in [1.29, 1.82) is 0 Å². The average molecular weight is 560 g/mol. The van der Waals surface area contributed by atoms with Crippen LogP contribution in [0.3, 0.4) is 0 Å². The van der Waals surface area contributed by atoms with E-state index in [4.69, 9.17) is 9.47 Å². The summed E-state index contributed by atoms with van der Waals surface area (Å²) in [6, 6.07) is 5.16. The minimum atomic E-state index is -4.65. The van der Waals surface area contributed by atoms with Gasteiger partial charge in [0, 0.05) is 22.4 Å². The zero-order chi connectivity index (χ0) is 27.5. The largest absolute Gasteiger partial charge is 0.416 e. The van der Waals surface area contributed by atoms with Gasteiger partial charge in [0.2, 0.25) is 0 Å². The minimum Gasteiger partial charge on any atom is -0.382 e. The molecule has 0 saturated carbocycles. The van der Waals surface area contributed by atoms with Crippen molar-refractivity contribution < 1.29 is 40.9 Å². The number of rotatable bonds is 8. The molecule has 2 unspecified atom stereocenters. The standard InChI is InChI=1S/C25H23F6N3O3S/c1-15(24(35,12-34-14-32-13-33-34)20-6-5-18(26)9-22(20)28)38-19-10-36-23(37-11-19)7-3-16-2-4-17(8-21(16)27)25(29,30)31/h2-9,13-15,19,23,35H,10-12H2,1H3/b7-3+. The number of alkyl halides is 3. The van der Waals surface area contributed by atoms with Crippen molar-refractivity contribution in [2.45, 2.75) is 42.0 Å². The maximum atomic E-state index is 14.7. The van der Waals surface area contributed by atoms with Crippen LogP contribution in [0.1, 0.15) is 23.6 Å². The highest BCUT2D eigenvalue weighted by Gasteiger charge is 2.41. The predicted octanol–water partition coefficient (Wildman–Crippen LogP) is 5.18. The Hall–Kier alpha value is -2.87. The Bertz CT molecular complexity index is 1270. The van der Waals surface area contributed by atoms with Gasteiger partial charge in [-0.25, -0.2) is 22.8 Å². The van der Waals surface area contributed by atoms with Gasteiger partial charge in [0.05, 0.1) is 30.6 Å². The number of aliphatic hydroxyl groups is 1. The number of ether oxygens (including phenoxy) is 2. The van der Waals surface area contributed by atoms with E-state index in [2.05, 4.69) is 10.1 Å². The summed E-state index contributed by atoms with van der Waals surface area (Å²) in [7, 11) is 0. The number of halogens is 6. The van der Waals surface area contributed by atoms with Crippen LogP contribution in [-0.2, 0) is 27.8 Å². The molecule has 13 heteroatoms. The molecule has 3 aromatic rings. The van der Waals surface area contributed by atoms with E-state index in [0.717, 1.165) is 18.2 Å². The fraction of sp³-hybridized carbons (Fsp3) is 0.360. The molecule has 1 N–H and O–H groups in total. The molecule has 2 aromatic carbocycles. The lowest BCUT2D eigenvalue weighted by molar-refractivity contribution is -0.146. The molecule has 0 aliphatic carbocycles. The molecule has 4 rings (SSSR count). The second-order valence-corrected chi connectivity index (χ2v) is 10.3. The van der Waals surface area contributed by atoms with Gasteiger partial charge < -0.3 is 14.6 Å². The molecule has 1 fully saturated rings. The number of hydrogen-bond donors (Lipinski definition) is 1. The van der Waals surface area contributed by atoms with Gasteiger partial charge in [0.25, 0.3) is 0 Å². The lowest BCUT2D eigenvalue weighted by Gasteiger charge is -2.37. The first-order valence-corrected chi connectivity index (χ1v) is 12.3. The first-order valence-electron chi connectivity index (χ1n) is 11.4. The summed E-state index contributed by atoms with van der Waals surface area (Å²) in [6.45, 7) is 1.85. The minimum absolute atomic E-state index is 0.0604. The van der Waals surface area contributed by atoms with E-state index in [0.29, 0.717) is 12.1 Å². The highest BCUT2D eigenvalue weighted by molar-refractivity contribution is 8.00. The molecule has 1 aliphatic heterocycles. The molecule has 1 saturated heterocycles. The van der Waals surface area contributed by atoms with Crippen LogP contribution in [0.4, 0.5) is 26.3 Å². The highest BCUT2D eigenvalue weighted by atomic mass is 32.2. The highest BCUT2D eigenvalue weighted by Crippen LogP contribution is 2.39. The second kappa shape index (κ2) is 11.5. The molecule has 38 heavy (non-hydrogen) atoms. The van der Waals surface area contributed by atoms with Crippen molar-refractivity contribution >= 4 is 17.8 Å². The molecule has 0 amide bonds. The molecule has 1 aromatic heterocycles. The molecule has 6 nitrogen and oxygen atoms in total. The van der Waals surface area contributed by atoms with Gasteiger partial charge in [-0.3, -0.25) is 0 Å². The van der Waals surface area contributed by atoms with Gasteiger partial charge in [-0.1, -0.05) is 25.1 Å². The summed E-state index contributed by atoms with van der Waals surface area (Å²) in [5.41, 5.74) is -3.05. The SMILES string of the molecule is CC(SC1COC(/C=C/c2ccc(C(F)(F)F)cc2F)OC1)C(O)(Cn1cncn1)c1ccc(F)cc1F. The molecule has 0 bridgehead atoms. The number of aromatic nitrogens is 3. The van der Waals surface area contributed by atoms with Crippen molar-refractivity contribution in [2.75, 3.05) is 13.2 Å². The summed E-state index contributed by atoms with van der Waals surface area (Å²) in [6.07, 6.45) is -0.228. The third-order valence-corrected chi connectivity index (χ3v) is 7.44. The molecule has 0 spiro atoms. The van der Waals surface area contributed by atoms with Crippen molar-refractivity contribution in [1.82, 2.24) is 14.8 Å². The monoisotopic (exact) mass is 559 g/mol. The molecule has 2 atom stereocenters. The summed E-state index contributed by atoms with van der Waals surface area (Å²) in [5, 5.41) is 14.7. The molecule has 1 aliphatic rings. The Balaban J connectivity index is 1.40. The first kappa shape index (κ1) is 28.1. The quantitative estimate of drug-likeness (QED) is 0.384. The zero-order valence-corrected chi connectivity index (χ0v) is 20.7. The molecule has 204 valence electrons. The normalized spacial score (nSPS) is 20.9. The first-order chi connectivity index (χ1) is 18.0. The van der Waals surface area contributed by atoms with Crippen molar-refractivity contribution in [3.63, 3.8) is 0 Å². The summed E-state index contributed by atoms with van der Waals surface area (Å²) in [5.74, 6) is -2.72. The molecule has 2 heterocycles. The van der Waals surface area contributed by atoms with Crippen LogP contribution in [0.2, 0.25) is 0 Å². The van der Waals surface area contributed by atoms with E-state index in [1.165, 1.54) is 47.3 Å². The van der Waals surface area contributed by atoms with Gasteiger partial charge in [0.1, 0.15) is 35.7 Å². The topological polar surface area (TPSA) is 69.4 Å². The molecule has 0 radical (unpaired) electrons. The summed E-state index contributed by atoms with van der Waals surface area (Å²) < 4.78 is 93.0. The van der Waals surface area contributed by atoms with Crippen LogP contribution in [0.25, 0.3) is 6.08 Å². The Kier molecular flexibility index (Phi) is 8.50. The van der Waals surface area contributed by atoms with Crippen molar-refractivity contribution in [3.8, 4) is 0 Å². The lowest BCUT2D eigenvalue weighted by Crippen LogP contribution is -2.43. The van der Waals surface area contributed by atoms with Crippen LogP contribution in [0.15, 0.2) is 55.1 Å². The maximum Gasteiger partial charge on any atom is 0.416 e. The van der Waals surface area contributed by atoms with Crippen LogP contribution < -0.4 is 0 Å².